The van der Waals surface area contributed by atoms with E-state index in [0.29, 0.717) is 30.2 Å². The number of carbonyl (C=O) groups is 3. The Morgan fingerprint density at radius 2 is 2.05 bits per heavy atom. The molecule has 1 aliphatic carbocycles. The van der Waals surface area contributed by atoms with Gasteiger partial charge < -0.3 is 19.5 Å². The Morgan fingerprint density at radius 1 is 1.18 bits per heavy atom. The summed E-state index contributed by atoms with van der Waals surface area (Å²) in [6, 6.07) is 11.1. The summed E-state index contributed by atoms with van der Waals surface area (Å²) in [5.41, 5.74) is 0.362. The lowest BCUT2D eigenvalue weighted by Gasteiger charge is -2.29. The highest BCUT2D eigenvalue weighted by Crippen LogP contribution is 2.57. The number of methoxy groups -OCH3 is 1. The lowest BCUT2D eigenvalue weighted by Crippen LogP contribution is -2.45. The van der Waals surface area contributed by atoms with Crippen LogP contribution < -0.4 is 9.47 Å². The molecule has 8 nitrogen and oxygen atoms in total. The summed E-state index contributed by atoms with van der Waals surface area (Å²) in [6.45, 7) is 0.192. The molecular formula is C34H37FN2O6S. The van der Waals surface area contributed by atoms with Gasteiger partial charge in [0.2, 0.25) is 5.91 Å². The predicted molar refractivity (Wildman–Crippen MR) is 164 cm³/mol. The third-order valence-corrected chi connectivity index (χ3v) is 10.2. The molecule has 1 amide bonds. The van der Waals surface area contributed by atoms with Crippen molar-refractivity contribution in [3.63, 3.8) is 0 Å². The number of aliphatic carboxylic acids is 1. The molecule has 2 aliphatic heterocycles. The van der Waals surface area contributed by atoms with Crippen molar-refractivity contribution in [3.8, 4) is 10.9 Å². The molecule has 1 N–H and O–H groups in total. The number of benzene rings is 2. The Morgan fingerprint density at radius 3 is 2.84 bits per heavy atom. The van der Waals surface area contributed by atoms with Gasteiger partial charge in [-0.15, -0.1) is 0 Å². The number of hydrogen-bond donors (Lipinski definition) is 1. The average Bonchev–Trinajstić information content (AvgIpc) is 3.31. The molecule has 0 radical (unpaired) electrons. The molecule has 3 heterocycles. The highest BCUT2D eigenvalue weighted by Gasteiger charge is 2.61. The Kier molecular flexibility index (Phi) is 8.71. The number of carboxylic acids is 1. The van der Waals surface area contributed by atoms with Crippen LogP contribution in [0.3, 0.4) is 0 Å². The molecule has 44 heavy (non-hydrogen) atoms. The lowest BCUT2D eigenvalue weighted by atomic mass is 9.90. The van der Waals surface area contributed by atoms with Crippen LogP contribution in [0.2, 0.25) is 0 Å². The van der Waals surface area contributed by atoms with Gasteiger partial charge in [-0.3, -0.25) is 14.4 Å². The topological polar surface area (TPSA) is 106 Å². The molecule has 5 atom stereocenters. The van der Waals surface area contributed by atoms with Crippen molar-refractivity contribution in [2.24, 2.45) is 17.3 Å². The minimum absolute atomic E-state index is 0.131. The van der Waals surface area contributed by atoms with Crippen molar-refractivity contribution in [1.29, 1.82) is 0 Å². The van der Waals surface area contributed by atoms with E-state index in [1.807, 2.05) is 36.4 Å². The Bertz CT molecular complexity index is 1590. The quantitative estimate of drug-likeness (QED) is 0.326. The average molecular weight is 621 g/mol. The van der Waals surface area contributed by atoms with Crippen molar-refractivity contribution in [3.05, 3.63) is 66.0 Å². The highest BCUT2D eigenvalue weighted by atomic mass is 32.1. The first-order valence-electron chi connectivity index (χ1n) is 15.3. The first kappa shape index (κ1) is 30.2. The number of amides is 1. The van der Waals surface area contributed by atoms with Crippen LogP contribution in [0.5, 0.6) is 10.9 Å². The molecule has 1 aromatic heterocycles. The number of carbonyl (C=O) groups excluding carboxylic acids is 2. The van der Waals surface area contributed by atoms with E-state index in [2.05, 4.69) is 4.98 Å². The Hall–Kier alpha value is -3.79. The predicted octanol–water partition coefficient (Wildman–Crippen LogP) is 6.22. The number of halogens is 1. The van der Waals surface area contributed by atoms with Gasteiger partial charge in [0.05, 0.1) is 35.3 Å². The van der Waals surface area contributed by atoms with Crippen LogP contribution in [0, 0.1) is 23.1 Å². The summed E-state index contributed by atoms with van der Waals surface area (Å²) in [6.07, 6.45) is 8.53. The monoisotopic (exact) mass is 620 g/mol. The zero-order chi connectivity index (χ0) is 30.8. The largest absolute Gasteiger partial charge is 0.497 e. The summed E-state index contributed by atoms with van der Waals surface area (Å²) < 4.78 is 26.6. The number of Topliss-reactive ketones (excluding diaryl/α,β-unsaturated/α-hetero) is 1. The molecule has 10 heteroatoms. The van der Waals surface area contributed by atoms with Gasteiger partial charge in [0.15, 0.2) is 5.78 Å². The molecule has 1 saturated heterocycles. The second-order valence-corrected chi connectivity index (χ2v) is 13.3. The van der Waals surface area contributed by atoms with Crippen molar-refractivity contribution in [1.82, 2.24) is 9.88 Å². The second-order valence-electron chi connectivity index (χ2n) is 12.3. The van der Waals surface area contributed by atoms with Gasteiger partial charge in [0.25, 0.3) is 5.19 Å². The van der Waals surface area contributed by atoms with Crippen LogP contribution in [0.4, 0.5) is 4.39 Å². The van der Waals surface area contributed by atoms with Crippen LogP contribution in [0.15, 0.2) is 54.6 Å². The molecule has 6 rings (SSSR count). The SMILES string of the molecule is COc1ccc2nc(O[C@@H]3C[C@H]4C(=O)C[C@]5(C(=O)O)C[C@H]5/C=C\CCCCC[C@H](Cc5cccc(F)c5)C(=O)N4C3)sc2c1. The standard InChI is InChI=1S/C34H37FN2O6S/c1-42-25-12-13-27-30(17-25)44-33(36-27)43-26-16-28-29(38)19-34(32(40)41)18-23(34)10-6-4-2-3-5-9-22(31(39)37(28)20-26)14-21-8-7-11-24(35)15-21/h6-8,10-13,15,17,22-23,26,28H,2-5,9,14,16,18-20H2,1H3,(H,40,41)/b10-6-/t22-,23-,26-,28+,34-/m1/s1. The summed E-state index contributed by atoms with van der Waals surface area (Å²) in [5.74, 6) is -1.67. The fourth-order valence-electron chi connectivity index (χ4n) is 6.76. The van der Waals surface area contributed by atoms with Crippen molar-refractivity contribution >= 4 is 39.2 Å². The third-order valence-electron chi connectivity index (χ3n) is 9.32. The first-order valence-corrected chi connectivity index (χ1v) is 16.2. The fourth-order valence-corrected chi connectivity index (χ4v) is 7.67. The van der Waals surface area contributed by atoms with Gasteiger partial charge >= 0.3 is 5.97 Å². The van der Waals surface area contributed by atoms with Crippen molar-refractivity contribution in [2.45, 2.75) is 69.9 Å². The highest BCUT2D eigenvalue weighted by molar-refractivity contribution is 7.20. The van der Waals surface area contributed by atoms with Gasteiger partial charge in [-0.25, -0.2) is 9.37 Å². The lowest BCUT2D eigenvalue weighted by molar-refractivity contribution is -0.147. The van der Waals surface area contributed by atoms with Gasteiger partial charge in [-0.1, -0.05) is 48.5 Å². The number of aromatic nitrogens is 1. The maximum absolute atomic E-state index is 14.3. The number of ether oxygens (including phenoxy) is 2. The minimum atomic E-state index is -1.13. The number of hydrogen-bond acceptors (Lipinski definition) is 7. The third kappa shape index (κ3) is 6.36. The van der Waals surface area contributed by atoms with Crippen LogP contribution in [-0.2, 0) is 20.8 Å². The molecule has 2 fully saturated rings. The molecule has 3 aromatic rings. The molecule has 3 aliphatic rings. The Balaban J connectivity index is 1.29. The van der Waals surface area contributed by atoms with E-state index in [0.717, 1.165) is 41.5 Å². The molecule has 0 bridgehead atoms. The molecule has 0 unspecified atom stereocenters. The number of ketones is 1. The van der Waals surface area contributed by atoms with Gasteiger partial charge in [0.1, 0.15) is 17.7 Å². The van der Waals surface area contributed by atoms with E-state index >= 15 is 0 Å². The summed E-state index contributed by atoms with van der Waals surface area (Å²) in [5, 5.41) is 10.6. The normalized spacial score (nSPS) is 28.5. The zero-order valence-corrected chi connectivity index (χ0v) is 25.6. The number of nitrogens with zero attached hydrogens (tertiary/aromatic N) is 2. The molecule has 1 saturated carbocycles. The van der Waals surface area contributed by atoms with Crippen molar-refractivity contribution < 1.29 is 33.4 Å². The summed E-state index contributed by atoms with van der Waals surface area (Å²) in [4.78, 5) is 46.8. The van der Waals surface area contributed by atoms with Crippen molar-refractivity contribution in [2.75, 3.05) is 13.7 Å². The van der Waals surface area contributed by atoms with E-state index in [1.54, 1.807) is 18.1 Å². The van der Waals surface area contributed by atoms with Crippen LogP contribution in [-0.4, -0.2) is 58.5 Å². The molecule has 0 spiro atoms. The maximum Gasteiger partial charge on any atom is 0.310 e. The Labute approximate surface area is 259 Å². The number of carboxylic acid groups (broad SMARTS) is 1. The van der Waals surface area contributed by atoms with E-state index < -0.39 is 29.4 Å². The van der Waals surface area contributed by atoms with Crippen LogP contribution in [0.25, 0.3) is 10.2 Å². The minimum Gasteiger partial charge on any atom is -0.497 e. The second kappa shape index (κ2) is 12.7. The zero-order valence-electron chi connectivity index (χ0n) is 24.7. The maximum atomic E-state index is 14.3. The number of fused-ring (bicyclic) bond motifs is 3. The fraction of sp³-hybridized carbons (Fsp3) is 0.471. The van der Waals surface area contributed by atoms with E-state index in [-0.39, 0.29) is 42.8 Å². The number of thiazole rings is 1. The molecular weight excluding hydrogens is 583 g/mol. The molecule has 2 aromatic carbocycles. The number of rotatable bonds is 6. The van der Waals surface area contributed by atoms with Gasteiger partial charge in [-0.2, -0.15) is 0 Å². The summed E-state index contributed by atoms with van der Waals surface area (Å²) >= 11 is 1.37. The smallest absolute Gasteiger partial charge is 0.310 e. The van der Waals surface area contributed by atoms with Crippen LogP contribution in [0.1, 0.15) is 56.9 Å². The van der Waals surface area contributed by atoms with E-state index in [9.17, 15) is 23.9 Å². The first-order chi connectivity index (χ1) is 21.3. The van der Waals surface area contributed by atoms with E-state index in [1.165, 1.54) is 23.5 Å². The van der Waals surface area contributed by atoms with Gasteiger partial charge in [-0.05, 0) is 73.9 Å². The molecule has 232 valence electrons. The summed E-state index contributed by atoms with van der Waals surface area (Å²) in [7, 11) is 1.60. The number of allylic oxidation sites excluding steroid dienone is 2. The van der Waals surface area contributed by atoms with Gasteiger partial charge in [0, 0.05) is 18.8 Å². The van der Waals surface area contributed by atoms with E-state index in [4.69, 9.17) is 9.47 Å². The van der Waals surface area contributed by atoms with Crippen LogP contribution >= 0.6 is 11.3 Å².